The van der Waals surface area contributed by atoms with E-state index in [4.69, 9.17) is 10.9 Å². The van der Waals surface area contributed by atoms with E-state index in [2.05, 4.69) is 12.1 Å². The molecule has 2 rings (SSSR count). The van der Waals surface area contributed by atoms with E-state index in [1.807, 2.05) is 4.90 Å². The molecule has 1 aliphatic heterocycles. The summed E-state index contributed by atoms with van der Waals surface area (Å²) in [5.41, 5.74) is 4.96. The van der Waals surface area contributed by atoms with Gasteiger partial charge in [0.05, 0.1) is 0 Å². The van der Waals surface area contributed by atoms with E-state index in [1.165, 1.54) is 6.42 Å². The van der Waals surface area contributed by atoms with Gasteiger partial charge in [-0.2, -0.15) is 0 Å². The minimum Gasteiger partial charge on any atom is -0.409 e. The maximum Gasteiger partial charge on any atom is 0.236 e. The molecule has 17 heavy (non-hydrogen) atoms. The molecule has 0 spiro atoms. The average molecular weight is 239 g/mol. The van der Waals surface area contributed by atoms with Gasteiger partial charge < -0.3 is 15.8 Å². The van der Waals surface area contributed by atoms with Crippen LogP contribution in [-0.2, 0) is 4.79 Å². The van der Waals surface area contributed by atoms with Crippen LogP contribution < -0.4 is 5.73 Å². The molecule has 0 aromatic rings. The number of carbonyl (C=O) groups excluding carboxylic acids is 1. The van der Waals surface area contributed by atoms with Gasteiger partial charge in [-0.25, -0.2) is 0 Å². The van der Waals surface area contributed by atoms with Gasteiger partial charge in [0.15, 0.2) is 5.84 Å². The van der Waals surface area contributed by atoms with Crippen molar-refractivity contribution < 1.29 is 10.0 Å². The number of oxime groups is 1. The molecule has 5 heteroatoms. The predicted octanol–water partition coefficient (Wildman–Crippen LogP) is 1.16. The third-order valence-corrected chi connectivity index (χ3v) is 4.03. The number of carbonyl (C=O) groups is 1. The third-order valence-electron chi connectivity index (χ3n) is 4.03. The van der Waals surface area contributed by atoms with Crippen LogP contribution in [0, 0.1) is 11.3 Å². The number of hydrogen-bond donors (Lipinski definition) is 2. The van der Waals surface area contributed by atoms with Crippen LogP contribution in [0.15, 0.2) is 5.16 Å². The van der Waals surface area contributed by atoms with Gasteiger partial charge in [0.25, 0.3) is 0 Å². The first-order valence-corrected chi connectivity index (χ1v) is 6.41. The highest BCUT2D eigenvalue weighted by molar-refractivity contribution is 6.09. The first-order chi connectivity index (χ1) is 8.14. The molecule has 1 atom stereocenters. The van der Waals surface area contributed by atoms with Crippen LogP contribution in [0.5, 0.6) is 0 Å². The summed E-state index contributed by atoms with van der Waals surface area (Å²) in [5, 5.41) is 11.7. The van der Waals surface area contributed by atoms with E-state index in [0.717, 1.165) is 38.8 Å². The fourth-order valence-electron chi connectivity index (χ4n) is 2.76. The van der Waals surface area contributed by atoms with Crippen LogP contribution in [0.1, 0.15) is 39.0 Å². The van der Waals surface area contributed by atoms with Gasteiger partial charge in [0.1, 0.15) is 5.41 Å². The Morgan fingerprint density at radius 2 is 2.29 bits per heavy atom. The molecule has 1 saturated carbocycles. The first kappa shape index (κ1) is 12.2. The first-order valence-electron chi connectivity index (χ1n) is 6.41. The Morgan fingerprint density at radius 3 is 2.82 bits per heavy atom. The summed E-state index contributed by atoms with van der Waals surface area (Å²) in [4.78, 5) is 14.2. The molecule has 96 valence electrons. The second kappa shape index (κ2) is 4.55. The number of likely N-dealkylation sites (tertiary alicyclic amines) is 1. The van der Waals surface area contributed by atoms with E-state index >= 15 is 0 Å². The summed E-state index contributed by atoms with van der Waals surface area (Å²) in [7, 11) is 0. The van der Waals surface area contributed by atoms with Gasteiger partial charge in [-0.1, -0.05) is 18.5 Å². The molecule has 5 nitrogen and oxygen atoms in total. The summed E-state index contributed by atoms with van der Waals surface area (Å²) in [5.74, 6) is 0.778. The Kier molecular flexibility index (Phi) is 3.26. The number of nitrogens with two attached hydrogens (primary N) is 1. The monoisotopic (exact) mass is 239 g/mol. The molecule has 0 bridgehead atoms. The zero-order chi connectivity index (χ0) is 12.5. The molecule has 1 saturated heterocycles. The van der Waals surface area contributed by atoms with Crippen molar-refractivity contribution in [2.75, 3.05) is 13.1 Å². The molecular weight excluding hydrogens is 218 g/mol. The Morgan fingerprint density at radius 1 is 1.59 bits per heavy atom. The second-order valence-corrected chi connectivity index (χ2v) is 5.26. The van der Waals surface area contributed by atoms with Crippen molar-refractivity contribution >= 4 is 11.7 Å². The fraction of sp³-hybridized carbons (Fsp3) is 0.833. The minimum atomic E-state index is -0.671. The number of amidine groups is 1. The Balaban J connectivity index is 1.98. The Hall–Kier alpha value is -1.26. The largest absolute Gasteiger partial charge is 0.409 e. The fourth-order valence-corrected chi connectivity index (χ4v) is 2.76. The highest BCUT2D eigenvalue weighted by Crippen LogP contribution is 2.48. The van der Waals surface area contributed by atoms with Crippen LogP contribution in [-0.4, -0.2) is 34.9 Å². The van der Waals surface area contributed by atoms with Gasteiger partial charge in [-0.05, 0) is 31.6 Å². The quantitative estimate of drug-likeness (QED) is 0.334. The molecule has 2 aliphatic rings. The summed E-state index contributed by atoms with van der Waals surface area (Å²) >= 11 is 0. The van der Waals surface area contributed by atoms with Crippen molar-refractivity contribution in [3.05, 3.63) is 0 Å². The Labute approximate surface area is 102 Å². The van der Waals surface area contributed by atoms with Gasteiger partial charge in [0.2, 0.25) is 5.91 Å². The van der Waals surface area contributed by atoms with Crippen LogP contribution in [0.25, 0.3) is 0 Å². The van der Waals surface area contributed by atoms with Gasteiger partial charge >= 0.3 is 0 Å². The van der Waals surface area contributed by atoms with Crippen molar-refractivity contribution in [1.82, 2.24) is 4.90 Å². The molecule has 1 heterocycles. The third kappa shape index (κ3) is 2.10. The summed E-state index contributed by atoms with van der Waals surface area (Å²) in [6.45, 7) is 3.83. The van der Waals surface area contributed by atoms with Crippen LogP contribution in [0.3, 0.4) is 0 Å². The van der Waals surface area contributed by atoms with Crippen LogP contribution in [0.4, 0.5) is 0 Å². The average Bonchev–Trinajstić information content (AvgIpc) is 3.02. The molecule has 1 unspecified atom stereocenters. The SMILES string of the molecule is CCCC1CCN(C(=O)C2(C(N)=NO)CC2)C1. The van der Waals surface area contributed by atoms with E-state index in [9.17, 15) is 4.79 Å². The van der Waals surface area contributed by atoms with Gasteiger partial charge in [-0.15, -0.1) is 0 Å². The lowest BCUT2D eigenvalue weighted by atomic mass is 10.0. The summed E-state index contributed by atoms with van der Waals surface area (Å²) in [6.07, 6.45) is 4.87. The smallest absolute Gasteiger partial charge is 0.236 e. The topological polar surface area (TPSA) is 78.9 Å². The van der Waals surface area contributed by atoms with Gasteiger partial charge in [-0.3, -0.25) is 4.79 Å². The van der Waals surface area contributed by atoms with E-state index in [-0.39, 0.29) is 11.7 Å². The minimum absolute atomic E-state index is 0.0615. The molecule has 0 radical (unpaired) electrons. The predicted molar refractivity (Wildman–Crippen MR) is 64.7 cm³/mol. The summed E-state index contributed by atoms with van der Waals surface area (Å²) in [6, 6.07) is 0. The van der Waals surface area contributed by atoms with Gasteiger partial charge in [0, 0.05) is 13.1 Å². The lowest BCUT2D eigenvalue weighted by molar-refractivity contribution is -0.133. The van der Waals surface area contributed by atoms with Crippen molar-refractivity contribution in [2.45, 2.75) is 39.0 Å². The molecule has 2 fully saturated rings. The number of nitrogens with zero attached hydrogens (tertiary/aromatic N) is 2. The Bertz CT molecular complexity index is 337. The van der Waals surface area contributed by atoms with Crippen molar-refractivity contribution in [1.29, 1.82) is 0 Å². The van der Waals surface area contributed by atoms with Crippen molar-refractivity contribution in [3.8, 4) is 0 Å². The highest BCUT2D eigenvalue weighted by atomic mass is 16.4. The van der Waals surface area contributed by atoms with E-state index < -0.39 is 5.41 Å². The molecule has 0 aromatic heterocycles. The second-order valence-electron chi connectivity index (χ2n) is 5.26. The maximum absolute atomic E-state index is 12.3. The van der Waals surface area contributed by atoms with Crippen molar-refractivity contribution in [3.63, 3.8) is 0 Å². The molecule has 0 aromatic carbocycles. The number of rotatable bonds is 4. The van der Waals surface area contributed by atoms with E-state index in [1.54, 1.807) is 0 Å². The van der Waals surface area contributed by atoms with Crippen LogP contribution in [0.2, 0.25) is 0 Å². The number of hydrogen-bond acceptors (Lipinski definition) is 3. The number of amides is 1. The molecular formula is C12H21N3O2. The van der Waals surface area contributed by atoms with E-state index in [0.29, 0.717) is 5.92 Å². The van der Waals surface area contributed by atoms with Crippen molar-refractivity contribution in [2.24, 2.45) is 22.2 Å². The van der Waals surface area contributed by atoms with Crippen LogP contribution >= 0.6 is 0 Å². The lowest BCUT2D eigenvalue weighted by Crippen LogP contribution is -2.42. The molecule has 1 amide bonds. The maximum atomic E-state index is 12.3. The standard InChI is InChI=1S/C12H21N3O2/c1-2-3-9-4-7-15(8-9)11(16)12(5-6-12)10(13)14-17/h9,17H,2-8H2,1H3,(H2,13,14). The lowest BCUT2D eigenvalue weighted by Gasteiger charge is -2.22. The molecule has 1 aliphatic carbocycles. The summed E-state index contributed by atoms with van der Waals surface area (Å²) < 4.78 is 0. The highest BCUT2D eigenvalue weighted by Gasteiger charge is 2.56. The zero-order valence-corrected chi connectivity index (χ0v) is 10.4. The zero-order valence-electron chi connectivity index (χ0n) is 10.4. The normalized spacial score (nSPS) is 27.2. The molecule has 3 N–H and O–H groups in total.